The molecule has 0 aliphatic carbocycles. The summed E-state index contributed by atoms with van der Waals surface area (Å²) < 4.78 is 2.11. The van der Waals surface area contributed by atoms with E-state index in [2.05, 4.69) is 28.8 Å². The van der Waals surface area contributed by atoms with Crippen molar-refractivity contribution in [1.29, 1.82) is 5.26 Å². The Morgan fingerprint density at radius 1 is 1.38 bits per heavy atom. The van der Waals surface area contributed by atoms with Gasteiger partial charge < -0.3 is 9.47 Å². The summed E-state index contributed by atoms with van der Waals surface area (Å²) >= 11 is 0. The molecule has 0 radical (unpaired) electrons. The lowest BCUT2D eigenvalue weighted by Crippen LogP contribution is -2.34. The van der Waals surface area contributed by atoms with Crippen LogP contribution in [0.4, 0.5) is 0 Å². The summed E-state index contributed by atoms with van der Waals surface area (Å²) in [6, 6.07) is 12.4. The number of carbonyl (C=O) groups excluding carboxylic acids is 1. The molecule has 0 aliphatic heterocycles. The van der Waals surface area contributed by atoms with Crippen molar-refractivity contribution in [2.24, 2.45) is 5.92 Å². The predicted octanol–water partition coefficient (Wildman–Crippen LogP) is 3.04. The molecule has 1 atom stereocenters. The molecule has 4 nitrogen and oxygen atoms in total. The lowest BCUT2D eigenvalue weighted by molar-refractivity contribution is -0.131. The van der Waals surface area contributed by atoms with Gasteiger partial charge in [0.25, 0.3) is 0 Å². The molecule has 0 aliphatic rings. The summed E-state index contributed by atoms with van der Waals surface area (Å²) in [6.45, 7) is 5.63. The van der Waals surface area contributed by atoms with Crippen molar-refractivity contribution in [3.8, 4) is 6.07 Å². The number of para-hydroxylation sites is 1. The van der Waals surface area contributed by atoms with Crippen molar-refractivity contribution in [1.82, 2.24) is 9.47 Å². The van der Waals surface area contributed by atoms with Gasteiger partial charge >= 0.3 is 0 Å². The maximum atomic E-state index is 12.3. The fourth-order valence-electron chi connectivity index (χ4n) is 2.49. The van der Waals surface area contributed by atoms with Gasteiger partial charge in [0, 0.05) is 37.8 Å². The zero-order valence-electron chi connectivity index (χ0n) is 12.6. The maximum Gasteiger partial charge on any atom is 0.224 e. The molecular weight excluding hydrogens is 262 g/mol. The molecule has 110 valence electrons. The van der Waals surface area contributed by atoms with Gasteiger partial charge in [0.1, 0.15) is 0 Å². The quantitative estimate of drug-likeness (QED) is 0.818. The topological polar surface area (TPSA) is 49.0 Å². The first kappa shape index (κ1) is 15.1. The number of rotatable bonds is 6. The summed E-state index contributed by atoms with van der Waals surface area (Å²) in [5, 5.41) is 10.1. The first-order valence-corrected chi connectivity index (χ1v) is 7.37. The van der Waals surface area contributed by atoms with Gasteiger partial charge in [-0.2, -0.15) is 5.26 Å². The van der Waals surface area contributed by atoms with Crippen LogP contribution in [0, 0.1) is 17.2 Å². The highest BCUT2D eigenvalue weighted by atomic mass is 16.2. The van der Waals surface area contributed by atoms with Gasteiger partial charge in [0.05, 0.1) is 12.0 Å². The van der Waals surface area contributed by atoms with Gasteiger partial charge in [0.2, 0.25) is 5.91 Å². The second-order valence-electron chi connectivity index (χ2n) is 5.28. The number of amides is 1. The third kappa shape index (κ3) is 3.63. The third-order valence-corrected chi connectivity index (χ3v) is 3.70. The van der Waals surface area contributed by atoms with E-state index in [9.17, 15) is 4.79 Å². The Bertz CT molecular complexity index is 653. The number of hydrogen-bond acceptors (Lipinski definition) is 2. The van der Waals surface area contributed by atoms with E-state index in [1.165, 1.54) is 5.39 Å². The molecule has 1 amide bonds. The fourth-order valence-corrected chi connectivity index (χ4v) is 2.49. The Morgan fingerprint density at radius 2 is 2.14 bits per heavy atom. The molecule has 0 fully saturated rings. The molecule has 0 spiro atoms. The molecule has 0 N–H and O–H groups in total. The van der Waals surface area contributed by atoms with Crippen LogP contribution in [0.2, 0.25) is 0 Å². The lowest BCUT2D eigenvalue weighted by Gasteiger charge is -2.22. The van der Waals surface area contributed by atoms with E-state index >= 15 is 0 Å². The van der Waals surface area contributed by atoms with E-state index < -0.39 is 0 Å². The minimum atomic E-state index is -0.124. The highest BCUT2D eigenvalue weighted by Crippen LogP contribution is 2.15. The van der Waals surface area contributed by atoms with Gasteiger partial charge in [-0.3, -0.25) is 4.79 Å². The molecule has 0 bridgehead atoms. The van der Waals surface area contributed by atoms with Crippen molar-refractivity contribution in [2.75, 3.05) is 13.1 Å². The standard InChI is InChI=1S/C17H21N3O/c1-3-19(13-14(2)12-18)17(21)9-11-20-10-8-15-6-4-5-7-16(15)20/h4-8,10,14H,3,9,11,13H2,1-2H3/t14-/m0/s1. The highest BCUT2D eigenvalue weighted by Gasteiger charge is 2.14. The Labute approximate surface area is 125 Å². The van der Waals surface area contributed by atoms with E-state index in [0.29, 0.717) is 26.1 Å². The van der Waals surface area contributed by atoms with Gasteiger partial charge in [-0.25, -0.2) is 0 Å². The minimum Gasteiger partial charge on any atom is -0.347 e. The van der Waals surface area contributed by atoms with Gasteiger partial charge in [0.15, 0.2) is 0 Å². The Hall–Kier alpha value is -2.28. The molecular formula is C17H21N3O. The monoisotopic (exact) mass is 283 g/mol. The van der Waals surface area contributed by atoms with E-state index in [4.69, 9.17) is 5.26 Å². The average molecular weight is 283 g/mol. The first-order valence-electron chi connectivity index (χ1n) is 7.37. The predicted molar refractivity (Wildman–Crippen MR) is 83.6 cm³/mol. The normalized spacial score (nSPS) is 12.0. The van der Waals surface area contributed by atoms with Gasteiger partial charge in [-0.15, -0.1) is 0 Å². The molecule has 4 heteroatoms. The number of nitrogens with zero attached hydrogens (tertiary/aromatic N) is 3. The minimum absolute atomic E-state index is 0.109. The summed E-state index contributed by atoms with van der Waals surface area (Å²) in [6.07, 6.45) is 2.48. The van der Waals surface area contributed by atoms with Crippen molar-refractivity contribution >= 4 is 16.8 Å². The molecule has 2 aromatic rings. The number of benzene rings is 1. The van der Waals surface area contributed by atoms with E-state index in [0.717, 1.165) is 5.52 Å². The number of fused-ring (bicyclic) bond motifs is 1. The van der Waals surface area contributed by atoms with Crippen molar-refractivity contribution in [3.05, 3.63) is 36.5 Å². The third-order valence-electron chi connectivity index (χ3n) is 3.70. The molecule has 0 saturated heterocycles. The van der Waals surface area contributed by atoms with Crippen LogP contribution in [0.1, 0.15) is 20.3 Å². The smallest absolute Gasteiger partial charge is 0.224 e. The van der Waals surface area contributed by atoms with Crippen LogP contribution in [-0.4, -0.2) is 28.5 Å². The van der Waals surface area contributed by atoms with Gasteiger partial charge in [-0.1, -0.05) is 18.2 Å². The summed E-state index contributed by atoms with van der Waals surface area (Å²) in [5.41, 5.74) is 1.15. The summed E-state index contributed by atoms with van der Waals surface area (Å²) in [5.74, 6) is -0.0151. The van der Waals surface area contributed by atoms with Crippen LogP contribution in [0.5, 0.6) is 0 Å². The molecule has 0 unspecified atom stereocenters. The summed E-state index contributed by atoms with van der Waals surface area (Å²) in [7, 11) is 0. The van der Waals surface area contributed by atoms with Crippen molar-refractivity contribution < 1.29 is 4.79 Å². The van der Waals surface area contributed by atoms with Crippen LogP contribution < -0.4 is 0 Å². The first-order chi connectivity index (χ1) is 10.2. The molecule has 1 heterocycles. The molecule has 0 saturated carbocycles. The van der Waals surface area contributed by atoms with Gasteiger partial charge in [-0.05, 0) is 31.4 Å². The van der Waals surface area contributed by atoms with Crippen LogP contribution >= 0.6 is 0 Å². The fraction of sp³-hybridized carbons (Fsp3) is 0.412. The van der Waals surface area contributed by atoms with Crippen LogP contribution in [0.25, 0.3) is 10.9 Å². The van der Waals surface area contributed by atoms with Crippen molar-refractivity contribution in [3.63, 3.8) is 0 Å². The number of hydrogen-bond donors (Lipinski definition) is 0. The lowest BCUT2D eigenvalue weighted by atomic mass is 10.2. The Balaban J connectivity index is 1.98. The molecule has 1 aromatic heterocycles. The van der Waals surface area contributed by atoms with Crippen LogP contribution in [-0.2, 0) is 11.3 Å². The Kier molecular flexibility index (Phi) is 4.99. The zero-order valence-corrected chi connectivity index (χ0v) is 12.6. The average Bonchev–Trinajstić information content (AvgIpc) is 2.93. The SMILES string of the molecule is CCN(C[C@@H](C)C#N)C(=O)CCn1ccc2ccccc21. The van der Waals surface area contributed by atoms with E-state index in [-0.39, 0.29) is 11.8 Å². The van der Waals surface area contributed by atoms with Crippen molar-refractivity contribution in [2.45, 2.75) is 26.8 Å². The number of carbonyl (C=O) groups is 1. The molecule has 21 heavy (non-hydrogen) atoms. The molecule has 1 aromatic carbocycles. The number of nitriles is 1. The number of aromatic nitrogens is 1. The highest BCUT2D eigenvalue weighted by molar-refractivity contribution is 5.80. The largest absolute Gasteiger partial charge is 0.347 e. The van der Waals surface area contributed by atoms with E-state index in [1.807, 2.05) is 32.2 Å². The summed E-state index contributed by atoms with van der Waals surface area (Å²) in [4.78, 5) is 14.0. The maximum absolute atomic E-state index is 12.3. The Morgan fingerprint density at radius 3 is 2.86 bits per heavy atom. The second-order valence-corrected chi connectivity index (χ2v) is 5.28. The molecule has 2 rings (SSSR count). The number of aryl methyl sites for hydroxylation is 1. The van der Waals surface area contributed by atoms with E-state index in [1.54, 1.807) is 4.90 Å². The second kappa shape index (κ2) is 6.94. The zero-order chi connectivity index (χ0) is 15.2. The van der Waals surface area contributed by atoms with Crippen LogP contribution in [0.15, 0.2) is 36.5 Å². The van der Waals surface area contributed by atoms with Crippen LogP contribution in [0.3, 0.4) is 0 Å².